The van der Waals surface area contributed by atoms with Gasteiger partial charge >= 0.3 is 6.18 Å². The first-order valence-electron chi connectivity index (χ1n) is 4.86. The molecule has 10 heteroatoms. The summed E-state index contributed by atoms with van der Waals surface area (Å²) in [7, 11) is -1.02. The number of alkyl halides is 3. The van der Waals surface area contributed by atoms with Crippen LogP contribution in [-0.4, -0.2) is 56.7 Å². The molecule has 0 aromatic heterocycles. The summed E-state index contributed by atoms with van der Waals surface area (Å²) < 4.78 is 60.5. The average Bonchev–Trinajstić information content (AvgIpc) is 2.14. The number of rotatable bonds is 5. The summed E-state index contributed by atoms with van der Waals surface area (Å²) in [5, 5.41) is 1.85. The monoisotopic (exact) mass is 291 g/mol. The summed E-state index contributed by atoms with van der Waals surface area (Å²) in [5.41, 5.74) is 1.80. The van der Waals surface area contributed by atoms with Crippen molar-refractivity contribution in [3.63, 3.8) is 0 Å². The van der Waals surface area contributed by atoms with Crippen LogP contribution in [0.15, 0.2) is 0 Å². The lowest BCUT2D eigenvalue weighted by Crippen LogP contribution is -2.61. The van der Waals surface area contributed by atoms with Crippen LogP contribution in [0.4, 0.5) is 13.2 Å². The first-order chi connectivity index (χ1) is 7.82. The molecule has 0 spiro atoms. The fourth-order valence-corrected chi connectivity index (χ4v) is 1.51. The molecule has 0 rings (SSSR count). The van der Waals surface area contributed by atoms with Crippen molar-refractivity contribution in [2.45, 2.75) is 18.6 Å². The van der Waals surface area contributed by atoms with Gasteiger partial charge in [-0.3, -0.25) is 4.79 Å². The molecule has 0 saturated heterocycles. The minimum Gasteiger partial charge on any atom is -0.353 e. The van der Waals surface area contributed by atoms with Crippen molar-refractivity contribution < 1.29 is 26.4 Å². The minimum atomic E-state index is -4.91. The molecule has 1 unspecified atom stereocenters. The molecule has 1 amide bonds. The molecule has 1 atom stereocenters. The Kier molecular flexibility index (Phi) is 5.15. The highest BCUT2D eigenvalue weighted by atomic mass is 32.2. The number of hydrogen-bond acceptors (Lipinski definition) is 4. The van der Waals surface area contributed by atoms with E-state index in [0.717, 1.165) is 4.31 Å². The molecule has 0 aliphatic carbocycles. The van der Waals surface area contributed by atoms with Crippen LogP contribution in [-0.2, 0) is 14.8 Å². The number of halogens is 3. The fraction of sp³-hybridized carbons (Fsp3) is 0.875. The van der Waals surface area contributed by atoms with Crippen LogP contribution in [0.2, 0.25) is 0 Å². The highest BCUT2D eigenvalue weighted by Crippen LogP contribution is 2.27. The minimum absolute atomic E-state index is 0.442. The Labute approximate surface area is 103 Å². The lowest BCUT2D eigenvalue weighted by Gasteiger charge is -2.26. The Hall–Kier alpha value is -0.870. The highest BCUT2D eigenvalue weighted by molar-refractivity contribution is 7.89. The lowest BCUT2D eigenvalue weighted by molar-refractivity contribution is -0.187. The van der Waals surface area contributed by atoms with Gasteiger partial charge < -0.3 is 11.1 Å². The summed E-state index contributed by atoms with van der Waals surface area (Å²) in [5.74, 6) is -1.97. The topological polar surface area (TPSA) is 92.5 Å². The number of carbonyl (C=O) groups excluding carboxylic acids is 1. The van der Waals surface area contributed by atoms with E-state index in [1.807, 2.05) is 5.32 Å². The van der Waals surface area contributed by atoms with Crippen molar-refractivity contribution in [1.82, 2.24) is 9.62 Å². The van der Waals surface area contributed by atoms with Gasteiger partial charge in [-0.2, -0.15) is 13.2 Å². The number of hydrogen-bond donors (Lipinski definition) is 2. The van der Waals surface area contributed by atoms with Gasteiger partial charge in [0, 0.05) is 20.6 Å². The molecule has 0 aliphatic rings. The van der Waals surface area contributed by atoms with Crippen LogP contribution >= 0.6 is 0 Å². The first-order valence-corrected chi connectivity index (χ1v) is 6.47. The van der Waals surface area contributed by atoms with Crippen LogP contribution in [0, 0.1) is 0 Å². The largest absolute Gasteiger partial charge is 0.415 e. The molecule has 0 aromatic rings. The summed E-state index contributed by atoms with van der Waals surface area (Å²) >= 11 is 0. The maximum Gasteiger partial charge on any atom is 0.415 e. The SMILES string of the molecule is CN(C)S(=O)(=O)CCNC(=O)C(C)(N)C(F)(F)F. The van der Waals surface area contributed by atoms with Gasteiger partial charge in [0.15, 0.2) is 5.54 Å². The van der Waals surface area contributed by atoms with E-state index >= 15 is 0 Å². The number of carbonyl (C=O) groups is 1. The quantitative estimate of drug-likeness (QED) is 0.699. The molecule has 0 heterocycles. The molecule has 0 saturated carbocycles. The average molecular weight is 291 g/mol. The molecule has 0 bridgehead atoms. The molecule has 18 heavy (non-hydrogen) atoms. The highest BCUT2D eigenvalue weighted by Gasteiger charge is 2.53. The van der Waals surface area contributed by atoms with Crippen LogP contribution in [0.5, 0.6) is 0 Å². The summed E-state index contributed by atoms with van der Waals surface area (Å²) in [4.78, 5) is 11.2. The number of amides is 1. The third-order valence-electron chi connectivity index (χ3n) is 2.26. The number of nitrogens with zero attached hydrogens (tertiary/aromatic N) is 1. The molecule has 0 fully saturated rings. The van der Waals surface area contributed by atoms with E-state index in [2.05, 4.69) is 0 Å². The Bertz CT molecular complexity index is 404. The van der Waals surface area contributed by atoms with Crippen molar-refractivity contribution in [3.05, 3.63) is 0 Å². The Morgan fingerprint density at radius 1 is 1.33 bits per heavy atom. The van der Waals surface area contributed by atoms with E-state index in [-0.39, 0.29) is 0 Å². The third kappa shape index (κ3) is 4.10. The second-order valence-electron chi connectivity index (χ2n) is 4.05. The van der Waals surface area contributed by atoms with Gasteiger partial charge in [0.1, 0.15) is 0 Å². The van der Waals surface area contributed by atoms with E-state index in [1.165, 1.54) is 14.1 Å². The Balaban J connectivity index is 4.47. The predicted molar refractivity (Wildman–Crippen MR) is 59.1 cm³/mol. The smallest absolute Gasteiger partial charge is 0.353 e. The molecule has 108 valence electrons. The van der Waals surface area contributed by atoms with E-state index < -0.39 is 39.9 Å². The number of nitrogens with two attached hydrogens (primary N) is 1. The van der Waals surface area contributed by atoms with E-state index in [4.69, 9.17) is 5.73 Å². The predicted octanol–water partition coefficient (Wildman–Crippen LogP) is -0.726. The van der Waals surface area contributed by atoms with E-state index in [9.17, 15) is 26.4 Å². The Morgan fingerprint density at radius 2 is 1.78 bits per heavy atom. The van der Waals surface area contributed by atoms with Crippen molar-refractivity contribution in [2.24, 2.45) is 5.73 Å². The van der Waals surface area contributed by atoms with Crippen molar-refractivity contribution >= 4 is 15.9 Å². The van der Waals surface area contributed by atoms with Gasteiger partial charge in [-0.05, 0) is 6.92 Å². The van der Waals surface area contributed by atoms with Gasteiger partial charge in [-0.15, -0.1) is 0 Å². The zero-order chi connectivity index (χ0) is 14.8. The van der Waals surface area contributed by atoms with Gasteiger partial charge in [0.2, 0.25) is 15.9 Å². The van der Waals surface area contributed by atoms with Gasteiger partial charge in [-0.1, -0.05) is 0 Å². The van der Waals surface area contributed by atoms with E-state index in [0.29, 0.717) is 6.92 Å². The second-order valence-corrected chi connectivity index (χ2v) is 6.36. The normalized spacial score (nSPS) is 16.4. The number of sulfonamides is 1. The van der Waals surface area contributed by atoms with Crippen molar-refractivity contribution in [3.8, 4) is 0 Å². The lowest BCUT2D eigenvalue weighted by atomic mass is 10.0. The second kappa shape index (κ2) is 5.41. The molecule has 0 aliphatic heterocycles. The van der Waals surface area contributed by atoms with Crippen LogP contribution in [0.3, 0.4) is 0 Å². The molecule has 3 N–H and O–H groups in total. The zero-order valence-electron chi connectivity index (χ0n) is 10.2. The first kappa shape index (κ1) is 17.1. The summed E-state index contributed by atoms with van der Waals surface area (Å²) in [6.45, 7) is 0.0744. The van der Waals surface area contributed by atoms with Crippen LogP contribution in [0.1, 0.15) is 6.92 Å². The summed E-state index contributed by atoms with van der Waals surface area (Å²) in [6, 6.07) is 0. The Morgan fingerprint density at radius 3 is 2.11 bits per heavy atom. The standard InChI is InChI=1S/C8H16F3N3O3S/c1-7(12,8(9,10)11)6(15)13-4-5-18(16,17)14(2)3/h4-5,12H2,1-3H3,(H,13,15). The molecule has 0 radical (unpaired) electrons. The maximum absolute atomic E-state index is 12.4. The molecular weight excluding hydrogens is 275 g/mol. The third-order valence-corrected chi connectivity index (χ3v) is 4.10. The van der Waals surface area contributed by atoms with Crippen LogP contribution in [0.25, 0.3) is 0 Å². The van der Waals surface area contributed by atoms with Crippen LogP contribution < -0.4 is 11.1 Å². The maximum atomic E-state index is 12.4. The van der Waals surface area contributed by atoms with E-state index in [1.54, 1.807) is 0 Å². The van der Waals surface area contributed by atoms with Crippen molar-refractivity contribution in [2.75, 3.05) is 26.4 Å². The van der Waals surface area contributed by atoms with Gasteiger partial charge in [-0.25, -0.2) is 12.7 Å². The van der Waals surface area contributed by atoms with Gasteiger partial charge in [0.05, 0.1) is 5.75 Å². The van der Waals surface area contributed by atoms with Gasteiger partial charge in [0.25, 0.3) is 0 Å². The molecule has 6 nitrogen and oxygen atoms in total. The summed E-state index contributed by atoms with van der Waals surface area (Å²) in [6.07, 6.45) is -4.91. The zero-order valence-corrected chi connectivity index (χ0v) is 11.0. The molecular formula is C8H16F3N3O3S. The number of nitrogens with one attached hydrogen (secondary N) is 1. The fourth-order valence-electron chi connectivity index (χ4n) is 0.788. The van der Waals surface area contributed by atoms with Crippen molar-refractivity contribution in [1.29, 1.82) is 0 Å². The molecule has 0 aromatic carbocycles.